The maximum Gasteiger partial charge on any atom is 0.269 e. The van der Waals surface area contributed by atoms with Crippen LogP contribution >= 0.6 is 22.9 Å². The summed E-state index contributed by atoms with van der Waals surface area (Å²) in [5.41, 5.74) is 0.815. The van der Waals surface area contributed by atoms with Crippen LogP contribution in [0, 0.1) is 24.0 Å². The molecule has 0 saturated heterocycles. The van der Waals surface area contributed by atoms with E-state index in [1.807, 2.05) is 19.9 Å². The fourth-order valence-electron chi connectivity index (χ4n) is 2.86. The summed E-state index contributed by atoms with van der Waals surface area (Å²) in [5, 5.41) is 15.6. The Kier molecular flexibility index (Phi) is 4.70. The number of nitro groups is 1. The highest BCUT2D eigenvalue weighted by molar-refractivity contribution is 7.19. The quantitative estimate of drug-likeness (QED) is 0.376. The van der Waals surface area contributed by atoms with Crippen LogP contribution in [0.25, 0.3) is 16.2 Å². The lowest BCUT2D eigenvalue weighted by atomic mass is 10.2. The van der Waals surface area contributed by atoms with Gasteiger partial charge in [0.05, 0.1) is 15.3 Å². The molecule has 4 aromatic rings. The molecule has 3 heterocycles. The summed E-state index contributed by atoms with van der Waals surface area (Å²) in [6.07, 6.45) is 3.48. The van der Waals surface area contributed by atoms with E-state index in [1.54, 1.807) is 23.0 Å². The topological polar surface area (TPSA) is 98.8 Å². The maximum atomic E-state index is 11.0. The smallest absolute Gasteiger partial charge is 0.269 e. The molecule has 0 aliphatic rings. The predicted octanol–water partition coefficient (Wildman–Crippen LogP) is 4.67. The van der Waals surface area contributed by atoms with Gasteiger partial charge in [-0.1, -0.05) is 23.7 Å². The van der Waals surface area contributed by atoms with E-state index in [4.69, 9.17) is 11.6 Å². The van der Waals surface area contributed by atoms with Crippen LogP contribution in [-0.2, 0) is 6.54 Å². The van der Waals surface area contributed by atoms with Gasteiger partial charge in [0.2, 0.25) is 5.95 Å². The second-order valence-electron chi connectivity index (χ2n) is 6.15. The zero-order chi connectivity index (χ0) is 19.8. The zero-order valence-corrected chi connectivity index (χ0v) is 16.6. The molecule has 0 amide bonds. The number of nitrogens with zero attached hydrogens (tertiary/aromatic N) is 5. The van der Waals surface area contributed by atoms with E-state index in [0.29, 0.717) is 23.3 Å². The Hall–Kier alpha value is -3.04. The van der Waals surface area contributed by atoms with Crippen molar-refractivity contribution < 1.29 is 4.92 Å². The highest BCUT2D eigenvalue weighted by atomic mass is 35.5. The first-order chi connectivity index (χ1) is 13.4. The number of hydrogen-bond acceptors (Lipinski definition) is 7. The van der Waals surface area contributed by atoms with E-state index < -0.39 is 4.92 Å². The summed E-state index contributed by atoms with van der Waals surface area (Å²) in [6.45, 7) is 4.17. The van der Waals surface area contributed by atoms with E-state index in [2.05, 4.69) is 20.3 Å². The van der Waals surface area contributed by atoms with Crippen molar-refractivity contribution in [2.45, 2.75) is 20.4 Å². The highest BCUT2D eigenvalue weighted by Gasteiger charge is 2.17. The molecule has 0 fully saturated rings. The number of anilines is 1. The van der Waals surface area contributed by atoms with Crippen LogP contribution in [0.2, 0.25) is 5.02 Å². The molecule has 8 nitrogen and oxygen atoms in total. The van der Waals surface area contributed by atoms with Gasteiger partial charge in [0.1, 0.15) is 16.5 Å². The Morgan fingerprint density at radius 3 is 2.86 bits per heavy atom. The molecule has 142 valence electrons. The molecule has 1 aromatic carbocycles. The molecule has 0 aliphatic carbocycles. The van der Waals surface area contributed by atoms with Crippen LogP contribution < -0.4 is 5.32 Å². The summed E-state index contributed by atoms with van der Waals surface area (Å²) in [4.78, 5) is 25.8. The summed E-state index contributed by atoms with van der Waals surface area (Å²) in [5.74, 6) is 1.83. The first-order valence-corrected chi connectivity index (χ1v) is 9.57. The molecule has 3 aromatic heterocycles. The minimum atomic E-state index is -0.411. The van der Waals surface area contributed by atoms with Gasteiger partial charge in [-0.15, -0.1) is 11.3 Å². The summed E-state index contributed by atoms with van der Waals surface area (Å²) in [7, 11) is 0. The predicted molar refractivity (Wildman–Crippen MR) is 109 cm³/mol. The fourth-order valence-corrected chi connectivity index (χ4v) is 4.12. The number of aryl methyl sites for hydroxylation is 2. The number of thiophene rings is 1. The van der Waals surface area contributed by atoms with Crippen molar-refractivity contribution in [1.29, 1.82) is 0 Å². The first kappa shape index (κ1) is 18.3. The Morgan fingerprint density at radius 1 is 1.32 bits per heavy atom. The lowest BCUT2D eigenvalue weighted by Crippen LogP contribution is -2.07. The number of nitro benzene ring substituents is 1. The molecule has 0 atom stereocenters. The van der Waals surface area contributed by atoms with Gasteiger partial charge < -0.3 is 5.32 Å². The number of hydrogen-bond donors (Lipinski definition) is 1. The van der Waals surface area contributed by atoms with E-state index >= 15 is 0 Å². The van der Waals surface area contributed by atoms with Gasteiger partial charge >= 0.3 is 0 Å². The standard InChI is InChI=1S/C18H15ClN6O2S/c1-10-15(19)14-16(21-9-12-4-3-5-13(8-12)25(26)27)22-18(23-17(14)28-10)24-7-6-20-11(24)2/h3-8H,9H2,1-2H3,(H,21,22,23). The molecule has 28 heavy (non-hydrogen) atoms. The van der Waals surface area contributed by atoms with E-state index in [9.17, 15) is 10.1 Å². The third-order valence-corrected chi connectivity index (χ3v) is 5.85. The van der Waals surface area contributed by atoms with Crippen molar-refractivity contribution in [2.24, 2.45) is 0 Å². The number of non-ortho nitro benzene ring substituents is 1. The molecule has 0 spiro atoms. The van der Waals surface area contributed by atoms with Gasteiger partial charge in [-0.3, -0.25) is 14.7 Å². The lowest BCUT2D eigenvalue weighted by molar-refractivity contribution is -0.384. The normalized spacial score (nSPS) is 11.1. The van der Waals surface area contributed by atoms with E-state index in [1.165, 1.54) is 23.5 Å². The van der Waals surface area contributed by atoms with Crippen molar-refractivity contribution in [1.82, 2.24) is 19.5 Å². The molecule has 0 unspecified atom stereocenters. The van der Waals surface area contributed by atoms with E-state index in [0.717, 1.165) is 26.5 Å². The number of rotatable bonds is 5. The summed E-state index contributed by atoms with van der Waals surface area (Å²) < 4.78 is 1.79. The molecule has 0 saturated carbocycles. The third kappa shape index (κ3) is 3.30. The monoisotopic (exact) mass is 414 g/mol. The van der Waals surface area contributed by atoms with Gasteiger partial charge in [0.15, 0.2) is 0 Å². The lowest BCUT2D eigenvalue weighted by Gasteiger charge is -2.10. The Bertz CT molecular complexity index is 1200. The SMILES string of the molecule is Cc1sc2nc(-n3ccnc3C)nc(NCc3cccc([N+](=O)[O-])c3)c2c1Cl. The molecule has 0 radical (unpaired) electrons. The van der Waals surface area contributed by atoms with Gasteiger partial charge in [0.25, 0.3) is 5.69 Å². The van der Waals surface area contributed by atoms with Gasteiger partial charge in [-0.25, -0.2) is 9.97 Å². The highest BCUT2D eigenvalue weighted by Crippen LogP contribution is 2.38. The van der Waals surface area contributed by atoms with Crippen LogP contribution in [0.1, 0.15) is 16.3 Å². The minimum absolute atomic E-state index is 0.0475. The van der Waals surface area contributed by atoms with Gasteiger partial charge in [-0.05, 0) is 19.4 Å². The van der Waals surface area contributed by atoms with Gasteiger partial charge in [-0.2, -0.15) is 4.98 Å². The van der Waals surface area contributed by atoms with Crippen molar-refractivity contribution >= 4 is 44.7 Å². The van der Waals surface area contributed by atoms with Crippen molar-refractivity contribution in [2.75, 3.05) is 5.32 Å². The van der Waals surface area contributed by atoms with Crippen LogP contribution in [0.3, 0.4) is 0 Å². The minimum Gasteiger partial charge on any atom is -0.365 e. The van der Waals surface area contributed by atoms with E-state index in [-0.39, 0.29) is 5.69 Å². The number of aromatic nitrogens is 4. The first-order valence-electron chi connectivity index (χ1n) is 8.38. The third-order valence-electron chi connectivity index (χ3n) is 4.26. The second kappa shape index (κ2) is 7.17. The fraction of sp³-hybridized carbons (Fsp3) is 0.167. The number of halogens is 1. The van der Waals surface area contributed by atoms with Gasteiger partial charge in [0, 0.05) is 35.9 Å². The number of imidazole rings is 1. The van der Waals surface area contributed by atoms with Crippen molar-refractivity contribution in [3.8, 4) is 5.95 Å². The zero-order valence-electron chi connectivity index (χ0n) is 15.0. The average molecular weight is 415 g/mol. The molecule has 0 aliphatic heterocycles. The maximum absolute atomic E-state index is 11.0. The largest absolute Gasteiger partial charge is 0.365 e. The molecular formula is C18H15ClN6O2S. The molecule has 10 heteroatoms. The number of fused-ring (bicyclic) bond motifs is 1. The number of nitrogens with one attached hydrogen (secondary N) is 1. The summed E-state index contributed by atoms with van der Waals surface area (Å²) >= 11 is 7.98. The molecule has 4 rings (SSSR count). The van der Waals surface area contributed by atoms with Crippen LogP contribution in [0.4, 0.5) is 11.5 Å². The molecule has 1 N–H and O–H groups in total. The Balaban J connectivity index is 1.75. The average Bonchev–Trinajstić information content (AvgIpc) is 3.23. The Morgan fingerprint density at radius 2 is 2.14 bits per heavy atom. The van der Waals surface area contributed by atoms with Crippen molar-refractivity contribution in [3.05, 3.63) is 68.1 Å². The van der Waals surface area contributed by atoms with Crippen LogP contribution in [0.15, 0.2) is 36.7 Å². The molecular weight excluding hydrogens is 400 g/mol. The Labute approximate surface area is 169 Å². The van der Waals surface area contributed by atoms with Crippen LogP contribution in [0.5, 0.6) is 0 Å². The van der Waals surface area contributed by atoms with Crippen LogP contribution in [-0.4, -0.2) is 24.4 Å². The molecule has 0 bridgehead atoms. The van der Waals surface area contributed by atoms with Crippen molar-refractivity contribution in [3.63, 3.8) is 0 Å². The number of benzene rings is 1. The summed E-state index contributed by atoms with van der Waals surface area (Å²) in [6, 6.07) is 6.48. The second-order valence-corrected chi connectivity index (χ2v) is 7.73.